The molecule has 0 radical (unpaired) electrons. The van der Waals surface area contributed by atoms with Gasteiger partial charge in [0, 0.05) is 19.6 Å². The van der Waals surface area contributed by atoms with Gasteiger partial charge in [0.1, 0.15) is 0 Å². The summed E-state index contributed by atoms with van der Waals surface area (Å²) >= 11 is 0. The number of hydrogen-bond acceptors (Lipinski definition) is 2. The molecule has 0 spiro atoms. The quantitative estimate of drug-likeness (QED) is 0.732. The van der Waals surface area contributed by atoms with Gasteiger partial charge in [-0.1, -0.05) is 19.1 Å². The van der Waals surface area contributed by atoms with Crippen molar-refractivity contribution in [2.24, 2.45) is 0 Å². The van der Waals surface area contributed by atoms with Crippen LogP contribution in [-0.4, -0.2) is 19.6 Å². The van der Waals surface area contributed by atoms with Crippen molar-refractivity contribution in [3.63, 3.8) is 0 Å². The van der Waals surface area contributed by atoms with Crippen LogP contribution in [0.3, 0.4) is 0 Å². The van der Waals surface area contributed by atoms with Gasteiger partial charge in [-0.15, -0.1) is 0 Å². The summed E-state index contributed by atoms with van der Waals surface area (Å²) in [5.74, 6) is 0. The van der Waals surface area contributed by atoms with Crippen LogP contribution in [0.2, 0.25) is 0 Å². The van der Waals surface area contributed by atoms with Crippen LogP contribution in [0, 0.1) is 0 Å². The maximum absolute atomic E-state index is 3.48. The van der Waals surface area contributed by atoms with E-state index in [-0.39, 0.29) is 0 Å². The highest BCUT2D eigenvalue weighted by Crippen LogP contribution is 2.33. The molecule has 1 unspecified atom stereocenters. The topological polar surface area (TPSA) is 15.3 Å². The third kappa shape index (κ3) is 1.35. The monoisotopic (exact) mass is 190 g/mol. The van der Waals surface area contributed by atoms with Gasteiger partial charge in [0.15, 0.2) is 0 Å². The molecule has 0 fully saturated rings. The molecule has 0 amide bonds. The summed E-state index contributed by atoms with van der Waals surface area (Å²) in [5, 5.41) is 3.48. The molecule has 0 saturated heterocycles. The van der Waals surface area contributed by atoms with Crippen LogP contribution in [-0.2, 0) is 6.42 Å². The van der Waals surface area contributed by atoms with Crippen molar-refractivity contribution >= 4 is 11.4 Å². The Labute approximate surface area is 85.9 Å². The molecule has 1 atom stereocenters. The molecule has 1 aliphatic heterocycles. The Morgan fingerprint density at radius 2 is 2.29 bits per heavy atom. The van der Waals surface area contributed by atoms with E-state index in [4.69, 9.17) is 0 Å². The fraction of sp³-hybridized carbons (Fsp3) is 0.500. The number of hydrogen-bond donors (Lipinski definition) is 1. The third-order valence-electron chi connectivity index (χ3n) is 3.10. The van der Waals surface area contributed by atoms with Gasteiger partial charge in [0.05, 0.1) is 11.4 Å². The van der Waals surface area contributed by atoms with Gasteiger partial charge in [0.25, 0.3) is 0 Å². The Morgan fingerprint density at radius 1 is 1.50 bits per heavy atom. The number of aryl methyl sites for hydroxylation is 1. The molecule has 76 valence electrons. The van der Waals surface area contributed by atoms with Gasteiger partial charge in [-0.05, 0) is 25.0 Å². The molecule has 1 aromatic carbocycles. The van der Waals surface area contributed by atoms with Gasteiger partial charge >= 0.3 is 0 Å². The molecular formula is C12H18N2. The van der Waals surface area contributed by atoms with Crippen LogP contribution in [0.4, 0.5) is 11.4 Å². The van der Waals surface area contributed by atoms with Crippen molar-refractivity contribution in [3.05, 3.63) is 23.8 Å². The third-order valence-corrected chi connectivity index (χ3v) is 3.10. The number of rotatable bonds is 1. The lowest BCUT2D eigenvalue weighted by Crippen LogP contribution is -2.39. The Morgan fingerprint density at radius 3 is 3.00 bits per heavy atom. The number of para-hydroxylation sites is 1. The summed E-state index contributed by atoms with van der Waals surface area (Å²) in [7, 11) is 2.18. The normalized spacial score (nSPS) is 20.2. The van der Waals surface area contributed by atoms with Crippen molar-refractivity contribution in [3.8, 4) is 0 Å². The predicted molar refractivity (Wildman–Crippen MR) is 62.2 cm³/mol. The second-order valence-electron chi connectivity index (χ2n) is 4.01. The van der Waals surface area contributed by atoms with E-state index in [1.165, 1.54) is 16.9 Å². The molecule has 1 aliphatic rings. The first-order valence-electron chi connectivity index (χ1n) is 5.32. The molecule has 0 aliphatic carbocycles. The van der Waals surface area contributed by atoms with Crippen LogP contribution in [0.15, 0.2) is 18.2 Å². The molecule has 0 aromatic heterocycles. The lowest BCUT2D eigenvalue weighted by atomic mass is 10.0. The molecule has 2 heteroatoms. The first-order valence-corrected chi connectivity index (χ1v) is 5.32. The van der Waals surface area contributed by atoms with Crippen LogP contribution in [0.1, 0.15) is 19.4 Å². The van der Waals surface area contributed by atoms with E-state index in [1.54, 1.807) is 0 Å². The maximum Gasteiger partial charge on any atom is 0.0634 e. The number of nitrogens with zero attached hydrogens (tertiary/aromatic N) is 1. The smallest absolute Gasteiger partial charge is 0.0634 e. The fourth-order valence-electron chi connectivity index (χ4n) is 2.05. The fourth-order valence-corrected chi connectivity index (χ4v) is 2.05. The van der Waals surface area contributed by atoms with E-state index in [9.17, 15) is 0 Å². The van der Waals surface area contributed by atoms with Crippen molar-refractivity contribution in [1.82, 2.24) is 0 Å². The van der Waals surface area contributed by atoms with E-state index >= 15 is 0 Å². The van der Waals surface area contributed by atoms with E-state index < -0.39 is 0 Å². The highest BCUT2D eigenvalue weighted by Gasteiger charge is 2.20. The summed E-state index contributed by atoms with van der Waals surface area (Å²) in [6, 6.07) is 7.09. The first kappa shape index (κ1) is 9.38. The highest BCUT2D eigenvalue weighted by atomic mass is 15.2. The highest BCUT2D eigenvalue weighted by molar-refractivity contribution is 5.75. The van der Waals surface area contributed by atoms with Crippen molar-refractivity contribution < 1.29 is 0 Å². The van der Waals surface area contributed by atoms with E-state index in [1.807, 2.05) is 0 Å². The van der Waals surface area contributed by atoms with E-state index in [0.717, 1.165) is 13.0 Å². The molecule has 0 bridgehead atoms. The Kier molecular flexibility index (Phi) is 2.36. The van der Waals surface area contributed by atoms with Gasteiger partial charge in [-0.2, -0.15) is 0 Å². The van der Waals surface area contributed by atoms with E-state index in [0.29, 0.717) is 6.04 Å². The van der Waals surface area contributed by atoms with Crippen molar-refractivity contribution in [2.75, 3.05) is 23.8 Å². The average Bonchev–Trinajstić information content (AvgIpc) is 2.23. The molecule has 14 heavy (non-hydrogen) atoms. The zero-order chi connectivity index (χ0) is 10.1. The van der Waals surface area contributed by atoms with Crippen LogP contribution < -0.4 is 10.2 Å². The SMILES string of the molecule is CCc1cccc2c1N(C)C(C)CN2. The van der Waals surface area contributed by atoms with Gasteiger partial charge in [0.2, 0.25) is 0 Å². The second-order valence-corrected chi connectivity index (χ2v) is 4.01. The van der Waals surface area contributed by atoms with Crippen LogP contribution >= 0.6 is 0 Å². The largest absolute Gasteiger partial charge is 0.381 e. The summed E-state index contributed by atoms with van der Waals surface area (Å²) in [5.41, 5.74) is 4.10. The van der Waals surface area contributed by atoms with Crippen LogP contribution in [0.25, 0.3) is 0 Å². The number of likely N-dealkylation sites (N-methyl/N-ethyl adjacent to an activating group) is 1. The molecule has 1 aromatic rings. The molecule has 1 N–H and O–H groups in total. The minimum atomic E-state index is 0.579. The summed E-state index contributed by atoms with van der Waals surface area (Å²) in [4.78, 5) is 2.38. The summed E-state index contributed by atoms with van der Waals surface area (Å²) in [6.45, 7) is 5.50. The number of anilines is 2. The average molecular weight is 190 g/mol. The van der Waals surface area contributed by atoms with Gasteiger partial charge in [-0.25, -0.2) is 0 Å². The van der Waals surface area contributed by atoms with E-state index in [2.05, 4.69) is 49.3 Å². The lowest BCUT2D eigenvalue weighted by Gasteiger charge is -2.36. The Bertz CT molecular complexity index is 319. The summed E-state index contributed by atoms with van der Waals surface area (Å²) in [6.07, 6.45) is 1.10. The molecule has 0 saturated carbocycles. The second kappa shape index (κ2) is 3.52. The standard InChI is InChI=1S/C12H18N2/c1-4-10-6-5-7-11-12(10)14(3)9(2)8-13-11/h5-7,9,13H,4,8H2,1-3H3. The molecular weight excluding hydrogens is 172 g/mol. The molecule has 2 rings (SSSR count). The van der Waals surface area contributed by atoms with Gasteiger partial charge in [-0.3, -0.25) is 0 Å². The van der Waals surface area contributed by atoms with Crippen molar-refractivity contribution in [1.29, 1.82) is 0 Å². The lowest BCUT2D eigenvalue weighted by molar-refractivity contribution is 0.695. The van der Waals surface area contributed by atoms with Gasteiger partial charge < -0.3 is 10.2 Å². The molecule has 1 heterocycles. The number of fused-ring (bicyclic) bond motifs is 1. The number of nitrogens with one attached hydrogen (secondary N) is 1. The minimum Gasteiger partial charge on any atom is -0.381 e. The van der Waals surface area contributed by atoms with Crippen LogP contribution in [0.5, 0.6) is 0 Å². The molecule has 2 nitrogen and oxygen atoms in total. The number of benzene rings is 1. The summed E-state index contributed by atoms with van der Waals surface area (Å²) < 4.78 is 0. The first-order chi connectivity index (χ1) is 6.74. The zero-order valence-electron chi connectivity index (χ0n) is 9.17. The Hall–Kier alpha value is -1.18. The van der Waals surface area contributed by atoms with Crippen molar-refractivity contribution in [2.45, 2.75) is 26.3 Å². The maximum atomic E-state index is 3.48. The zero-order valence-corrected chi connectivity index (χ0v) is 9.17. The minimum absolute atomic E-state index is 0.579. The predicted octanol–water partition coefficient (Wildman–Crippen LogP) is 2.50. The Balaban J connectivity index is 2.49.